The largest absolute Gasteiger partial charge is 0.385 e. The second-order valence-electron chi connectivity index (χ2n) is 8.60. The number of fused-ring (bicyclic) bond motifs is 5. The number of halogens is 1. The lowest BCUT2D eigenvalue weighted by atomic mass is 9.48. The minimum Gasteiger partial charge on any atom is -0.385 e. The maximum atomic E-state index is 14.9. The summed E-state index contributed by atoms with van der Waals surface area (Å²) < 4.78 is 14.9. The Morgan fingerprint density at radius 3 is 2.68 bits per heavy atom. The van der Waals surface area contributed by atoms with Gasteiger partial charge in [-0.1, -0.05) is 37.6 Å². The highest BCUT2D eigenvalue weighted by molar-refractivity contribution is 5.33. The molecule has 0 aromatic rings. The highest BCUT2D eigenvalue weighted by Gasteiger charge is 2.63. The summed E-state index contributed by atoms with van der Waals surface area (Å²) in [5.74, 6) is 0.0724. The van der Waals surface area contributed by atoms with Gasteiger partial charge in [0.05, 0.1) is 6.10 Å². The van der Waals surface area contributed by atoms with Crippen LogP contribution in [0.15, 0.2) is 23.8 Å². The summed E-state index contributed by atoms with van der Waals surface area (Å²) in [6, 6.07) is 0. The molecule has 2 nitrogen and oxygen atoms in total. The van der Waals surface area contributed by atoms with Crippen LogP contribution in [0.2, 0.25) is 0 Å². The van der Waals surface area contributed by atoms with Gasteiger partial charge >= 0.3 is 0 Å². The van der Waals surface area contributed by atoms with Crippen molar-refractivity contribution >= 4 is 0 Å². The Morgan fingerprint density at radius 1 is 1.18 bits per heavy atom. The van der Waals surface area contributed by atoms with E-state index in [9.17, 15) is 9.50 Å². The van der Waals surface area contributed by atoms with Gasteiger partial charge in [-0.25, -0.2) is 4.39 Å². The molecule has 3 saturated carbocycles. The molecule has 0 aliphatic heterocycles. The Balaban J connectivity index is 1.70. The summed E-state index contributed by atoms with van der Waals surface area (Å²) in [5.41, 5.74) is 7.15. The summed E-state index contributed by atoms with van der Waals surface area (Å²) >= 11 is 0. The molecule has 4 aliphatic rings. The SMILES string of the molecule is C[C@]12C=CC(O)C=C1CC[C@@H]1[C@H]2CC[C@@]2(C)[C@H]1CCC2(N)F. The molecule has 4 aliphatic carbocycles. The van der Waals surface area contributed by atoms with Crippen LogP contribution in [0.5, 0.6) is 0 Å². The molecule has 3 fully saturated rings. The number of aliphatic hydroxyl groups excluding tert-OH is 1. The van der Waals surface area contributed by atoms with Crippen LogP contribution in [-0.2, 0) is 0 Å². The fraction of sp³-hybridized carbons (Fsp3) is 0.789. The lowest BCUT2D eigenvalue weighted by molar-refractivity contribution is -0.0792. The monoisotopic (exact) mass is 305 g/mol. The van der Waals surface area contributed by atoms with Crippen LogP contribution in [0.1, 0.15) is 52.4 Å². The van der Waals surface area contributed by atoms with E-state index in [1.165, 1.54) is 5.57 Å². The van der Waals surface area contributed by atoms with Crippen LogP contribution in [0.3, 0.4) is 0 Å². The highest BCUT2D eigenvalue weighted by atomic mass is 19.1. The van der Waals surface area contributed by atoms with Crippen molar-refractivity contribution < 1.29 is 9.50 Å². The normalized spacial score (nSPS) is 56.9. The van der Waals surface area contributed by atoms with E-state index in [1.54, 1.807) is 0 Å². The van der Waals surface area contributed by atoms with Gasteiger partial charge in [-0.05, 0) is 56.3 Å². The van der Waals surface area contributed by atoms with Crippen molar-refractivity contribution in [1.82, 2.24) is 0 Å². The minimum absolute atomic E-state index is 0.0552. The number of alkyl halides is 1. The number of nitrogens with two attached hydrogens (primary N) is 1. The van der Waals surface area contributed by atoms with Gasteiger partial charge in [0, 0.05) is 10.8 Å². The van der Waals surface area contributed by atoms with Crippen molar-refractivity contribution in [3.8, 4) is 0 Å². The Labute approximate surface area is 132 Å². The molecule has 2 unspecified atom stereocenters. The molecule has 0 aromatic carbocycles. The van der Waals surface area contributed by atoms with Crippen molar-refractivity contribution in [3.63, 3.8) is 0 Å². The molecular formula is C19H28FNO. The third-order valence-electron chi connectivity index (χ3n) is 7.82. The molecular weight excluding hydrogens is 277 g/mol. The molecule has 7 atom stereocenters. The maximum Gasteiger partial charge on any atom is 0.164 e. The third-order valence-corrected chi connectivity index (χ3v) is 7.82. The average Bonchev–Trinajstić information content (AvgIpc) is 2.70. The first-order valence-electron chi connectivity index (χ1n) is 8.84. The molecule has 4 rings (SSSR count). The number of hydrogen-bond donors (Lipinski definition) is 2. The van der Waals surface area contributed by atoms with Crippen LogP contribution < -0.4 is 5.73 Å². The number of aliphatic hydroxyl groups is 1. The van der Waals surface area contributed by atoms with E-state index in [0.717, 1.165) is 32.1 Å². The van der Waals surface area contributed by atoms with Crippen molar-refractivity contribution in [2.75, 3.05) is 0 Å². The quantitative estimate of drug-likeness (QED) is 0.529. The second kappa shape index (κ2) is 4.45. The van der Waals surface area contributed by atoms with E-state index >= 15 is 0 Å². The third kappa shape index (κ3) is 1.73. The van der Waals surface area contributed by atoms with Crippen LogP contribution in [0.25, 0.3) is 0 Å². The molecule has 3 heteroatoms. The van der Waals surface area contributed by atoms with Crippen molar-refractivity contribution in [2.45, 2.75) is 64.3 Å². The molecule has 22 heavy (non-hydrogen) atoms. The first kappa shape index (κ1) is 14.9. The highest BCUT2D eigenvalue weighted by Crippen LogP contribution is 2.66. The summed E-state index contributed by atoms with van der Waals surface area (Å²) in [7, 11) is 0. The van der Waals surface area contributed by atoms with E-state index in [4.69, 9.17) is 5.73 Å². The summed E-state index contributed by atoms with van der Waals surface area (Å²) in [4.78, 5) is 0. The predicted octanol–water partition coefficient (Wildman–Crippen LogP) is 3.71. The molecule has 0 heterocycles. The Bertz CT molecular complexity index is 554. The average molecular weight is 305 g/mol. The zero-order valence-electron chi connectivity index (χ0n) is 13.7. The molecule has 0 amide bonds. The molecule has 0 radical (unpaired) electrons. The molecule has 0 spiro atoms. The van der Waals surface area contributed by atoms with Crippen molar-refractivity contribution in [3.05, 3.63) is 23.8 Å². The van der Waals surface area contributed by atoms with Crippen LogP contribution in [-0.4, -0.2) is 17.0 Å². The number of allylic oxidation sites excluding steroid dienone is 2. The van der Waals surface area contributed by atoms with E-state index in [1.807, 2.05) is 12.2 Å². The first-order chi connectivity index (χ1) is 10.3. The fourth-order valence-corrected chi connectivity index (χ4v) is 6.34. The van der Waals surface area contributed by atoms with Crippen molar-refractivity contribution in [2.24, 2.45) is 34.3 Å². The Hall–Kier alpha value is -0.670. The van der Waals surface area contributed by atoms with Crippen LogP contribution in [0.4, 0.5) is 4.39 Å². The Morgan fingerprint density at radius 2 is 1.91 bits per heavy atom. The Kier molecular flexibility index (Phi) is 3.01. The van der Waals surface area contributed by atoms with Gasteiger partial charge in [0.2, 0.25) is 0 Å². The fourth-order valence-electron chi connectivity index (χ4n) is 6.34. The summed E-state index contributed by atoms with van der Waals surface area (Å²) in [5, 5.41) is 9.89. The summed E-state index contributed by atoms with van der Waals surface area (Å²) in [6.07, 6.45) is 11.3. The van der Waals surface area contributed by atoms with Gasteiger partial charge < -0.3 is 5.11 Å². The van der Waals surface area contributed by atoms with Gasteiger partial charge in [-0.3, -0.25) is 5.73 Å². The molecule has 122 valence electrons. The molecule has 3 N–H and O–H groups in total. The van der Waals surface area contributed by atoms with Gasteiger partial charge in [0.15, 0.2) is 5.79 Å². The lowest BCUT2D eigenvalue weighted by Gasteiger charge is -2.57. The van der Waals surface area contributed by atoms with Gasteiger partial charge in [-0.15, -0.1) is 0 Å². The van der Waals surface area contributed by atoms with E-state index < -0.39 is 11.9 Å². The maximum absolute atomic E-state index is 14.9. The smallest absolute Gasteiger partial charge is 0.164 e. The van der Waals surface area contributed by atoms with Crippen molar-refractivity contribution in [1.29, 1.82) is 0 Å². The molecule has 0 bridgehead atoms. The second-order valence-corrected chi connectivity index (χ2v) is 8.60. The predicted molar refractivity (Wildman–Crippen MR) is 85.6 cm³/mol. The first-order valence-corrected chi connectivity index (χ1v) is 8.84. The lowest BCUT2D eigenvalue weighted by Crippen LogP contribution is -2.56. The number of rotatable bonds is 0. The van der Waals surface area contributed by atoms with Gasteiger partial charge in [0.25, 0.3) is 0 Å². The van der Waals surface area contributed by atoms with E-state index in [-0.39, 0.29) is 10.8 Å². The molecule has 0 aromatic heterocycles. The minimum atomic E-state index is -1.49. The van der Waals surface area contributed by atoms with Gasteiger partial charge in [0.1, 0.15) is 0 Å². The van der Waals surface area contributed by atoms with E-state index in [2.05, 4.69) is 19.9 Å². The standard InChI is InChI=1S/C19H28FNO/c1-17-8-5-13(22)11-12(17)3-4-14-15(17)6-9-18(2)16(14)7-10-19(18,20)21/h5,8,11,13-16,22H,3-4,6-7,9-10,21H2,1-2H3/t13?,14-,15-,16+,17+,18+,19?/m1/s1. The zero-order valence-corrected chi connectivity index (χ0v) is 13.7. The van der Waals surface area contributed by atoms with Crippen LogP contribution in [0, 0.1) is 28.6 Å². The van der Waals surface area contributed by atoms with Crippen LogP contribution >= 0.6 is 0 Å². The number of hydrogen-bond acceptors (Lipinski definition) is 2. The topological polar surface area (TPSA) is 46.2 Å². The van der Waals surface area contributed by atoms with Gasteiger partial charge in [-0.2, -0.15) is 0 Å². The zero-order chi connectivity index (χ0) is 15.8. The van der Waals surface area contributed by atoms with E-state index in [0.29, 0.717) is 24.2 Å². The summed E-state index contributed by atoms with van der Waals surface area (Å²) in [6.45, 7) is 4.41. The molecule has 0 saturated heterocycles.